The van der Waals surface area contributed by atoms with Crippen molar-refractivity contribution in [2.75, 3.05) is 6.61 Å². The molecule has 2 atom stereocenters. The van der Waals surface area contributed by atoms with Crippen LogP contribution in [0.1, 0.15) is 19.1 Å². The third kappa shape index (κ3) is 2.20. The highest BCUT2D eigenvalue weighted by Gasteiger charge is 2.26. The van der Waals surface area contributed by atoms with E-state index in [2.05, 4.69) is 4.98 Å². The van der Waals surface area contributed by atoms with Crippen LogP contribution < -0.4 is 11.2 Å². The van der Waals surface area contributed by atoms with Crippen LogP contribution in [0.5, 0.6) is 0 Å². The molecule has 0 amide bonds. The largest absolute Gasteiger partial charge is 0.394 e. The van der Waals surface area contributed by atoms with Crippen LogP contribution >= 0.6 is 22.6 Å². The van der Waals surface area contributed by atoms with Gasteiger partial charge >= 0.3 is 5.69 Å². The maximum Gasteiger partial charge on any atom is 0.330 e. The minimum atomic E-state index is -0.478. The minimum Gasteiger partial charge on any atom is -0.394 e. The zero-order chi connectivity index (χ0) is 11.7. The van der Waals surface area contributed by atoms with E-state index in [-0.39, 0.29) is 12.7 Å². The van der Waals surface area contributed by atoms with Gasteiger partial charge in [0.1, 0.15) is 6.23 Å². The van der Waals surface area contributed by atoms with Gasteiger partial charge in [-0.1, -0.05) is 0 Å². The summed E-state index contributed by atoms with van der Waals surface area (Å²) in [7, 11) is 0. The van der Waals surface area contributed by atoms with Crippen molar-refractivity contribution >= 4 is 22.6 Å². The Bertz CT molecular complexity index is 495. The Morgan fingerprint density at radius 3 is 2.94 bits per heavy atom. The Morgan fingerprint density at radius 2 is 2.31 bits per heavy atom. The summed E-state index contributed by atoms with van der Waals surface area (Å²) in [5, 5.41) is 8.93. The summed E-state index contributed by atoms with van der Waals surface area (Å²) in [6.45, 7) is -0.0499. The average Bonchev–Trinajstić information content (AvgIpc) is 2.71. The van der Waals surface area contributed by atoms with E-state index in [1.165, 1.54) is 10.8 Å². The van der Waals surface area contributed by atoms with E-state index in [0.717, 1.165) is 0 Å². The molecule has 1 aliphatic heterocycles. The van der Waals surface area contributed by atoms with E-state index in [4.69, 9.17) is 9.84 Å². The molecule has 0 saturated carbocycles. The normalized spacial score (nSPS) is 24.9. The molecule has 16 heavy (non-hydrogen) atoms. The van der Waals surface area contributed by atoms with Gasteiger partial charge in [0.15, 0.2) is 0 Å². The van der Waals surface area contributed by atoms with Gasteiger partial charge in [-0.3, -0.25) is 14.3 Å². The van der Waals surface area contributed by atoms with Crippen LogP contribution in [0.25, 0.3) is 0 Å². The zero-order valence-corrected chi connectivity index (χ0v) is 10.5. The third-order valence-electron chi connectivity index (χ3n) is 2.52. The average molecular weight is 338 g/mol. The summed E-state index contributed by atoms with van der Waals surface area (Å²) in [5.41, 5.74) is -0.868. The highest BCUT2D eigenvalue weighted by atomic mass is 127. The minimum absolute atomic E-state index is 0.0499. The molecule has 0 aromatic carbocycles. The van der Waals surface area contributed by atoms with E-state index in [1.54, 1.807) is 0 Å². The van der Waals surface area contributed by atoms with Gasteiger partial charge in [-0.05, 0) is 35.4 Å². The van der Waals surface area contributed by atoms with Crippen LogP contribution in [0, 0.1) is 3.57 Å². The lowest BCUT2D eigenvalue weighted by Gasteiger charge is -2.14. The number of hydrogen-bond acceptors (Lipinski definition) is 4. The van der Waals surface area contributed by atoms with Crippen molar-refractivity contribution in [3.05, 3.63) is 30.6 Å². The number of ether oxygens (including phenoxy) is 1. The lowest BCUT2D eigenvalue weighted by molar-refractivity contribution is -0.0247. The number of hydrogen-bond donors (Lipinski definition) is 2. The van der Waals surface area contributed by atoms with Crippen molar-refractivity contribution in [2.24, 2.45) is 0 Å². The number of H-pyrrole nitrogens is 1. The number of halogens is 1. The van der Waals surface area contributed by atoms with Crippen molar-refractivity contribution in [1.29, 1.82) is 0 Å². The van der Waals surface area contributed by atoms with Crippen molar-refractivity contribution < 1.29 is 9.84 Å². The Morgan fingerprint density at radius 1 is 1.56 bits per heavy atom. The van der Waals surface area contributed by atoms with Gasteiger partial charge in [0.05, 0.1) is 16.3 Å². The van der Waals surface area contributed by atoms with Crippen molar-refractivity contribution in [1.82, 2.24) is 9.55 Å². The number of aromatic amines is 1. The number of aliphatic hydroxyl groups is 1. The molecule has 1 aromatic heterocycles. The summed E-state index contributed by atoms with van der Waals surface area (Å²) in [5.74, 6) is 0. The molecule has 1 aromatic rings. The number of aromatic nitrogens is 2. The second-order valence-corrected chi connectivity index (χ2v) is 4.78. The molecule has 1 fully saturated rings. The Balaban J connectivity index is 2.32. The standard InChI is InChI=1S/C9H11IN2O4/c10-6-3-12(9(15)11-8(6)14)7-2-1-5(4-13)16-7/h3,5,7,13H,1-2,4H2,(H,11,14,15)/t5-,7-/m1/s1. The van der Waals surface area contributed by atoms with Gasteiger partial charge in [-0.2, -0.15) is 0 Å². The molecule has 0 bridgehead atoms. The quantitative estimate of drug-likeness (QED) is 0.733. The molecule has 0 radical (unpaired) electrons. The van der Waals surface area contributed by atoms with Crippen LogP contribution in [0.3, 0.4) is 0 Å². The van der Waals surface area contributed by atoms with Gasteiger partial charge in [0.25, 0.3) is 5.56 Å². The first kappa shape index (κ1) is 11.8. The fourth-order valence-corrected chi connectivity index (χ4v) is 2.14. The molecule has 6 nitrogen and oxygen atoms in total. The van der Waals surface area contributed by atoms with E-state index in [1.807, 2.05) is 22.6 Å². The summed E-state index contributed by atoms with van der Waals surface area (Å²) < 4.78 is 7.26. The zero-order valence-electron chi connectivity index (χ0n) is 8.35. The maximum absolute atomic E-state index is 11.5. The molecular weight excluding hydrogens is 327 g/mol. The van der Waals surface area contributed by atoms with E-state index in [9.17, 15) is 9.59 Å². The van der Waals surface area contributed by atoms with Gasteiger partial charge in [-0.25, -0.2) is 4.79 Å². The first-order valence-electron chi connectivity index (χ1n) is 4.89. The van der Waals surface area contributed by atoms with Gasteiger partial charge in [0.2, 0.25) is 0 Å². The Kier molecular flexibility index (Phi) is 3.45. The molecule has 0 spiro atoms. The fraction of sp³-hybridized carbons (Fsp3) is 0.556. The van der Waals surface area contributed by atoms with Crippen molar-refractivity contribution in [2.45, 2.75) is 25.2 Å². The Hall–Kier alpha value is -0.670. The van der Waals surface area contributed by atoms with Crippen LogP contribution in [-0.2, 0) is 4.74 Å². The number of nitrogens with one attached hydrogen (secondary N) is 1. The molecule has 0 unspecified atom stereocenters. The monoisotopic (exact) mass is 338 g/mol. The first-order valence-corrected chi connectivity index (χ1v) is 5.97. The predicted octanol–water partition coefficient (Wildman–Crippen LogP) is -0.189. The summed E-state index contributed by atoms with van der Waals surface area (Å²) in [6, 6.07) is 0. The fourth-order valence-electron chi connectivity index (χ4n) is 1.70. The van der Waals surface area contributed by atoms with Crippen LogP contribution in [0.4, 0.5) is 0 Å². The van der Waals surface area contributed by atoms with Crippen LogP contribution in [0.15, 0.2) is 15.8 Å². The maximum atomic E-state index is 11.5. The molecule has 2 rings (SSSR count). The summed E-state index contributed by atoms with van der Waals surface area (Å²) >= 11 is 1.86. The van der Waals surface area contributed by atoms with Crippen LogP contribution in [0.2, 0.25) is 0 Å². The van der Waals surface area contributed by atoms with Gasteiger partial charge in [-0.15, -0.1) is 0 Å². The highest BCUT2D eigenvalue weighted by Crippen LogP contribution is 2.26. The SMILES string of the molecule is O=c1[nH]c(=O)n([C@H]2CC[C@H](CO)O2)cc1I. The smallest absolute Gasteiger partial charge is 0.330 e. The van der Waals surface area contributed by atoms with Crippen LogP contribution in [-0.4, -0.2) is 27.4 Å². The first-order chi connectivity index (χ1) is 7.61. The highest BCUT2D eigenvalue weighted by molar-refractivity contribution is 14.1. The molecular formula is C9H11IN2O4. The molecule has 7 heteroatoms. The third-order valence-corrected chi connectivity index (χ3v) is 3.29. The molecule has 1 saturated heterocycles. The molecule has 0 aliphatic carbocycles. The van der Waals surface area contributed by atoms with Gasteiger partial charge in [0, 0.05) is 6.20 Å². The second kappa shape index (κ2) is 4.68. The number of nitrogens with zero attached hydrogens (tertiary/aromatic N) is 1. The Labute approximate surface area is 104 Å². The van der Waals surface area contributed by atoms with E-state index >= 15 is 0 Å². The predicted molar refractivity (Wildman–Crippen MR) is 64.3 cm³/mol. The van der Waals surface area contributed by atoms with Crippen molar-refractivity contribution in [3.8, 4) is 0 Å². The van der Waals surface area contributed by atoms with Gasteiger partial charge < -0.3 is 9.84 Å². The van der Waals surface area contributed by atoms with Crippen molar-refractivity contribution in [3.63, 3.8) is 0 Å². The number of aliphatic hydroxyl groups excluding tert-OH is 1. The topological polar surface area (TPSA) is 84.3 Å². The lowest BCUT2D eigenvalue weighted by Crippen LogP contribution is -2.33. The van der Waals surface area contributed by atoms with E-state index < -0.39 is 17.5 Å². The number of rotatable bonds is 2. The second-order valence-electron chi connectivity index (χ2n) is 3.62. The van der Waals surface area contributed by atoms with E-state index in [0.29, 0.717) is 16.4 Å². The summed E-state index contributed by atoms with van der Waals surface area (Å²) in [6.07, 6.45) is 2.24. The molecule has 2 heterocycles. The molecule has 1 aliphatic rings. The lowest BCUT2D eigenvalue weighted by atomic mass is 10.2. The molecule has 2 N–H and O–H groups in total. The summed E-state index contributed by atoms with van der Waals surface area (Å²) in [4.78, 5) is 24.9. The molecule has 88 valence electrons.